The molecule has 3 aromatic rings. The second-order valence-corrected chi connectivity index (χ2v) is 7.15. The van der Waals surface area contributed by atoms with E-state index in [1.807, 2.05) is 48.7 Å². The van der Waals surface area contributed by atoms with Crippen LogP contribution in [0.4, 0.5) is 0 Å². The Morgan fingerprint density at radius 1 is 1.10 bits per heavy atom. The Hall–Kier alpha value is -0.970. The van der Waals surface area contributed by atoms with Gasteiger partial charge in [0, 0.05) is 35.5 Å². The van der Waals surface area contributed by atoms with Crippen molar-refractivity contribution in [3.63, 3.8) is 0 Å². The van der Waals surface area contributed by atoms with Crippen LogP contribution in [0.3, 0.4) is 0 Å². The maximum Gasteiger partial charge on any atom is 0.194 e. The Bertz CT molecular complexity index is 820. The van der Waals surface area contributed by atoms with Gasteiger partial charge < -0.3 is 0 Å². The van der Waals surface area contributed by atoms with Crippen LogP contribution >= 0.6 is 43.2 Å². The maximum absolute atomic E-state index is 12.7. The molecule has 0 saturated carbocycles. The van der Waals surface area contributed by atoms with E-state index in [1.165, 1.54) is 0 Å². The Morgan fingerprint density at radius 2 is 1.90 bits per heavy atom. The monoisotopic (exact) mass is 408 g/mol. The number of hydrogen-bond acceptors (Lipinski definition) is 2. The normalized spacial score (nSPS) is 10.9. The highest BCUT2D eigenvalue weighted by Crippen LogP contribution is 2.33. The van der Waals surface area contributed by atoms with Gasteiger partial charge in [-0.25, -0.2) is 0 Å². The lowest BCUT2D eigenvalue weighted by Gasteiger charge is -2.03. The van der Waals surface area contributed by atoms with Crippen LogP contribution < -0.4 is 0 Å². The second-order valence-electron chi connectivity index (χ2n) is 4.56. The van der Waals surface area contributed by atoms with Crippen LogP contribution in [-0.4, -0.2) is 5.78 Å². The van der Waals surface area contributed by atoms with Gasteiger partial charge in [-0.2, -0.15) is 0 Å². The van der Waals surface area contributed by atoms with Crippen LogP contribution in [0.2, 0.25) is 0 Å². The van der Waals surface area contributed by atoms with Crippen molar-refractivity contribution in [1.29, 1.82) is 0 Å². The summed E-state index contributed by atoms with van der Waals surface area (Å²) in [5, 5.41) is 2.95. The molecule has 20 heavy (non-hydrogen) atoms. The van der Waals surface area contributed by atoms with Crippen LogP contribution in [0.5, 0.6) is 0 Å². The van der Waals surface area contributed by atoms with E-state index in [4.69, 9.17) is 0 Å². The van der Waals surface area contributed by atoms with E-state index in [0.717, 1.165) is 35.7 Å². The highest BCUT2D eigenvalue weighted by molar-refractivity contribution is 9.11. The second kappa shape index (κ2) is 5.43. The topological polar surface area (TPSA) is 17.1 Å². The molecule has 0 aliphatic carbocycles. The molecule has 0 atom stereocenters. The first-order chi connectivity index (χ1) is 9.58. The fourth-order valence-corrected chi connectivity index (χ4v) is 3.99. The summed E-state index contributed by atoms with van der Waals surface area (Å²) in [6.07, 6.45) is 0. The molecular weight excluding hydrogens is 400 g/mol. The molecule has 0 aliphatic rings. The maximum atomic E-state index is 12.7. The van der Waals surface area contributed by atoms with Crippen LogP contribution in [0, 0.1) is 6.92 Å². The summed E-state index contributed by atoms with van der Waals surface area (Å²) in [5.41, 5.74) is 2.56. The number of ketones is 1. The molecule has 4 heteroatoms. The van der Waals surface area contributed by atoms with Crippen molar-refractivity contribution >= 4 is 59.1 Å². The van der Waals surface area contributed by atoms with Crippen LogP contribution in [0.25, 0.3) is 10.1 Å². The SMILES string of the molecule is Cc1cc(C(=O)c2csc3c(Br)cccc23)ccc1Br. The largest absolute Gasteiger partial charge is 0.289 e. The Labute approximate surface area is 137 Å². The van der Waals surface area contributed by atoms with E-state index in [0.29, 0.717) is 0 Å². The highest BCUT2D eigenvalue weighted by Gasteiger charge is 2.15. The lowest BCUT2D eigenvalue weighted by atomic mass is 10.0. The van der Waals surface area contributed by atoms with E-state index in [1.54, 1.807) is 11.3 Å². The van der Waals surface area contributed by atoms with Gasteiger partial charge in [-0.05, 0) is 52.7 Å². The summed E-state index contributed by atoms with van der Waals surface area (Å²) in [6.45, 7) is 1.99. The first-order valence-electron chi connectivity index (χ1n) is 6.04. The zero-order valence-corrected chi connectivity index (χ0v) is 14.6. The number of carbonyl (C=O) groups excluding carboxylic acids is 1. The van der Waals surface area contributed by atoms with E-state index in [-0.39, 0.29) is 5.78 Å². The summed E-state index contributed by atoms with van der Waals surface area (Å²) >= 11 is 8.58. The molecule has 0 aliphatic heterocycles. The molecule has 3 rings (SSSR count). The predicted molar refractivity (Wildman–Crippen MR) is 91.8 cm³/mol. The molecule has 1 heterocycles. The minimum atomic E-state index is 0.0740. The molecule has 0 bridgehead atoms. The van der Waals surface area contributed by atoms with Gasteiger partial charge in [-0.1, -0.05) is 28.1 Å². The third-order valence-corrected chi connectivity index (χ3v) is 6.06. The number of aryl methyl sites for hydroxylation is 1. The average Bonchev–Trinajstić information content (AvgIpc) is 2.86. The first kappa shape index (κ1) is 14.0. The van der Waals surface area contributed by atoms with Crippen molar-refractivity contribution in [2.24, 2.45) is 0 Å². The number of halogens is 2. The Kier molecular flexibility index (Phi) is 3.80. The fourth-order valence-electron chi connectivity index (χ4n) is 2.14. The minimum Gasteiger partial charge on any atom is -0.289 e. The lowest BCUT2D eigenvalue weighted by Crippen LogP contribution is -2.00. The molecule has 0 fully saturated rings. The van der Waals surface area contributed by atoms with E-state index >= 15 is 0 Å². The summed E-state index contributed by atoms with van der Waals surface area (Å²) in [6, 6.07) is 11.7. The van der Waals surface area contributed by atoms with Crippen LogP contribution in [0.15, 0.2) is 50.7 Å². The molecule has 1 aromatic heterocycles. The number of thiophene rings is 1. The van der Waals surface area contributed by atoms with E-state index < -0.39 is 0 Å². The predicted octanol–water partition coefficient (Wildman–Crippen LogP) is 5.97. The molecule has 0 N–H and O–H groups in total. The molecule has 0 spiro atoms. The smallest absolute Gasteiger partial charge is 0.194 e. The highest BCUT2D eigenvalue weighted by atomic mass is 79.9. The van der Waals surface area contributed by atoms with Crippen molar-refractivity contribution < 1.29 is 4.79 Å². The average molecular weight is 410 g/mol. The third kappa shape index (κ3) is 2.36. The van der Waals surface area contributed by atoms with Gasteiger partial charge in [-0.15, -0.1) is 11.3 Å². The summed E-state index contributed by atoms with van der Waals surface area (Å²) < 4.78 is 3.17. The van der Waals surface area contributed by atoms with Gasteiger partial charge >= 0.3 is 0 Å². The minimum absolute atomic E-state index is 0.0740. The van der Waals surface area contributed by atoms with Crippen molar-refractivity contribution in [2.45, 2.75) is 6.92 Å². The van der Waals surface area contributed by atoms with Gasteiger partial charge in [-0.3, -0.25) is 4.79 Å². The summed E-state index contributed by atoms with van der Waals surface area (Å²) in [7, 11) is 0. The van der Waals surface area contributed by atoms with Crippen LogP contribution in [0.1, 0.15) is 21.5 Å². The van der Waals surface area contributed by atoms with Gasteiger partial charge in [0.1, 0.15) is 0 Å². The molecule has 0 amide bonds. The zero-order chi connectivity index (χ0) is 14.3. The van der Waals surface area contributed by atoms with Gasteiger partial charge in [0.25, 0.3) is 0 Å². The Balaban J connectivity index is 2.13. The summed E-state index contributed by atoms with van der Waals surface area (Å²) in [4.78, 5) is 12.7. The van der Waals surface area contributed by atoms with Crippen molar-refractivity contribution in [3.05, 3.63) is 67.4 Å². The third-order valence-electron chi connectivity index (χ3n) is 3.22. The van der Waals surface area contributed by atoms with E-state index in [9.17, 15) is 4.79 Å². The molecule has 2 aromatic carbocycles. The van der Waals surface area contributed by atoms with Crippen molar-refractivity contribution in [1.82, 2.24) is 0 Å². The van der Waals surface area contributed by atoms with Crippen LogP contribution in [-0.2, 0) is 0 Å². The number of benzene rings is 2. The first-order valence-corrected chi connectivity index (χ1v) is 8.51. The number of hydrogen-bond donors (Lipinski definition) is 0. The molecular formula is C16H10Br2OS. The van der Waals surface area contributed by atoms with Gasteiger partial charge in [0.15, 0.2) is 5.78 Å². The Morgan fingerprint density at radius 3 is 2.65 bits per heavy atom. The van der Waals surface area contributed by atoms with E-state index in [2.05, 4.69) is 31.9 Å². The van der Waals surface area contributed by atoms with Gasteiger partial charge in [0.2, 0.25) is 0 Å². The molecule has 0 unspecified atom stereocenters. The molecule has 100 valence electrons. The molecule has 0 radical (unpaired) electrons. The fraction of sp³-hybridized carbons (Fsp3) is 0.0625. The summed E-state index contributed by atoms with van der Waals surface area (Å²) in [5.74, 6) is 0.0740. The number of carbonyl (C=O) groups is 1. The van der Waals surface area contributed by atoms with Gasteiger partial charge in [0.05, 0.1) is 0 Å². The molecule has 0 saturated heterocycles. The molecule has 1 nitrogen and oxygen atoms in total. The quantitative estimate of drug-likeness (QED) is 0.476. The lowest BCUT2D eigenvalue weighted by molar-refractivity contribution is 0.104. The standard InChI is InChI=1S/C16H10Br2OS/c1-9-7-10(5-6-13(9)17)15(19)12-8-20-16-11(12)3-2-4-14(16)18/h2-8H,1H3. The van der Waals surface area contributed by atoms with Crippen molar-refractivity contribution in [3.8, 4) is 0 Å². The van der Waals surface area contributed by atoms with Crippen molar-refractivity contribution in [2.75, 3.05) is 0 Å². The zero-order valence-electron chi connectivity index (χ0n) is 10.6. The number of fused-ring (bicyclic) bond motifs is 1. The number of rotatable bonds is 2.